The Kier molecular flexibility index (Phi) is 9.20. The van der Waals surface area contributed by atoms with Crippen molar-refractivity contribution >= 4 is 45.7 Å². The Morgan fingerprint density at radius 3 is 2.34 bits per heavy atom. The first-order valence-corrected chi connectivity index (χ1v) is 12.0. The second-order valence-corrected chi connectivity index (χ2v) is 8.40. The van der Waals surface area contributed by atoms with Gasteiger partial charge in [-0.2, -0.15) is 5.10 Å². The first kappa shape index (κ1) is 25.7. The van der Waals surface area contributed by atoms with E-state index >= 15 is 0 Å². The smallest absolute Gasteiger partial charge is 0.287 e. The average molecular weight is 535 g/mol. The molecule has 3 rings (SSSR count). The quantitative estimate of drug-likeness (QED) is 0.206. The number of rotatable bonds is 9. The first-order valence-electron chi connectivity index (χ1n) is 11.2. The zero-order valence-corrected chi connectivity index (χ0v) is 21.1. The van der Waals surface area contributed by atoms with Crippen molar-refractivity contribution in [1.29, 1.82) is 0 Å². The monoisotopic (exact) mass is 534 g/mol. The molecule has 0 heterocycles. The van der Waals surface area contributed by atoms with Crippen LogP contribution in [0.3, 0.4) is 0 Å². The van der Waals surface area contributed by atoms with Gasteiger partial charge in [0.1, 0.15) is 11.4 Å². The highest BCUT2D eigenvalue weighted by Crippen LogP contribution is 2.20. The summed E-state index contributed by atoms with van der Waals surface area (Å²) in [6.07, 6.45) is 3.00. The summed E-state index contributed by atoms with van der Waals surface area (Å²) in [5.74, 6) is -0.925. The molecule has 0 aliphatic rings. The van der Waals surface area contributed by atoms with Crippen molar-refractivity contribution < 1.29 is 14.7 Å². The van der Waals surface area contributed by atoms with Crippen molar-refractivity contribution in [2.24, 2.45) is 5.10 Å². The number of hydrogen-bond donors (Lipinski definition) is 3. The number of hydrazone groups is 1. The topological polar surface area (TPSA) is 94.0 Å². The summed E-state index contributed by atoms with van der Waals surface area (Å²) < 4.78 is 0.703. The van der Waals surface area contributed by atoms with E-state index in [0.29, 0.717) is 15.6 Å². The van der Waals surface area contributed by atoms with Crippen LogP contribution in [0.2, 0.25) is 0 Å². The number of carbonyl (C=O) groups excluding carboxylic acids is 2. The Labute approximate surface area is 213 Å². The van der Waals surface area contributed by atoms with Gasteiger partial charge in [-0.05, 0) is 68.0 Å². The van der Waals surface area contributed by atoms with Crippen molar-refractivity contribution in [2.45, 2.75) is 13.8 Å². The van der Waals surface area contributed by atoms with Crippen LogP contribution in [-0.2, 0) is 4.79 Å². The highest BCUT2D eigenvalue weighted by Gasteiger charge is 2.14. The van der Waals surface area contributed by atoms with Crippen LogP contribution in [0, 0.1) is 0 Å². The van der Waals surface area contributed by atoms with E-state index in [-0.39, 0.29) is 11.4 Å². The maximum atomic E-state index is 12.9. The maximum Gasteiger partial charge on any atom is 0.287 e. The molecule has 0 atom stereocenters. The third kappa shape index (κ3) is 7.28. The molecule has 8 heteroatoms. The van der Waals surface area contributed by atoms with Crippen molar-refractivity contribution in [3.8, 4) is 5.75 Å². The molecule has 0 bridgehead atoms. The van der Waals surface area contributed by atoms with Crippen molar-refractivity contribution in [2.75, 3.05) is 18.0 Å². The molecule has 3 aromatic rings. The lowest BCUT2D eigenvalue weighted by Crippen LogP contribution is -2.32. The van der Waals surface area contributed by atoms with E-state index < -0.39 is 11.8 Å². The predicted octanol–water partition coefficient (Wildman–Crippen LogP) is 4.92. The van der Waals surface area contributed by atoms with Crippen LogP contribution >= 0.6 is 15.9 Å². The summed E-state index contributed by atoms with van der Waals surface area (Å²) >= 11 is 3.37. The largest absolute Gasteiger partial charge is 0.508 e. The summed E-state index contributed by atoms with van der Waals surface area (Å²) in [6, 6.07) is 21.1. The van der Waals surface area contributed by atoms with E-state index in [4.69, 9.17) is 0 Å². The number of hydrogen-bond acceptors (Lipinski definition) is 5. The molecule has 7 nitrogen and oxygen atoms in total. The van der Waals surface area contributed by atoms with Crippen LogP contribution < -0.4 is 15.6 Å². The Hall–Kier alpha value is -3.91. The minimum atomic E-state index is -0.588. The van der Waals surface area contributed by atoms with E-state index in [1.165, 1.54) is 18.3 Å². The zero-order valence-electron chi connectivity index (χ0n) is 19.5. The number of anilines is 1. The van der Waals surface area contributed by atoms with Gasteiger partial charge in [-0.3, -0.25) is 9.59 Å². The lowest BCUT2D eigenvalue weighted by Gasteiger charge is -2.20. The molecule has 0 aliphatic carbocycles. The molecule has 0 saturated carbocycles. The van der Waals surface area contributed by atoms with Gasteiger partial charge in [0, 0.05) is 34.4 Å². The molecule has 0 fully saturated rings. The lowest BCUT2D eigenvalue weighted by atomic mass is 10.1. The number of carbonyl (C=O) groups is 2. The number of benzene rings is 3. The molecular weight excluding hydrogens is 508 g/mol. The molecule has 0 unspecified atom stereocenters. The second-order valence-electron chi connectivity index (χ2n) is 7.55. The molecule has 180 valence electrons. The molecule has 3 aromatic carbocycles. The Bertz CT molecular complexity index is 1220. The fourth-order valence-corrected chi connectivity index (χ4v) is 3.68. The van der Waals surface area contributed by atoms with E-state index in [9.17, 15) is 14.7 Å². The van der Waals surface area contributed by atoms with Crippen LogP contribution in [0.1, 0.15) is 35.3 Å². The second kappa shape index (κ2) is 12.5. The number of amides is 2. The molecule has 2 amide bonds. The normalized spacial score (nSPS) is 11.3. The minimum absolute atomic E-state index is 0.0431. The SMILES string of the molecule is CCN(CC)c1ccc(C=C(NC(=O)c2ccccc2)C(=O)NN=Cc2cc(O)ccc2Br)cc1. The predicted molar refractivity (Wildman–Crippen MR) is 143 cm³/mol. The van der Waals surface area contributed by atoms with E-state index in [0.717, 1.165) is 24.3 Å². The van der Waals surface area contributed by atoms with Crippen molar-refractivity contribution in [3.05, 3.63) is 99.7 Å². The van der Waals surface area contributed by atoms with E-state index in [2.05, 4.69) is 50.5 Å². The fourth-order valence-electron chi connectivity index (χ4n) is 3.33. The molecule has 3 N–H and O–H groups in total. The summed E-state index contributed by atoms with van der Waals surface area (Å²) in [6.45, 7) is 5.96. The Morgan fingerprint density at radius 2 is 1.69 bits per heavy atom. The highest BCUT2D eigenvalue weighted by molar-refractivity contribution is 9.10. The zero-order chi connectivity index (χ0) is 25.2. The summed E-state index contributed by atoms with van der Waals surface area (Å²) in [5, 5.41) is 16.3. The van der Waals surface area contributed by atoms with E-state index in [1.807, 2.05) is 30.3 Å². The van der Waals surface area contributed by atoms with Gasteiger partial charge in [0.05, 0.1) is 6.21 Å². The molecule has 0 radical (unpaired) electrons. The van der Waals surface area contributed by atoms with Gasteiger partial charge in [-0.25, -0.2) is 5.43 Å². The third-order valence-corrected chi connectivity index (χ3v) is 5.93. The minimum Gasteiger partial charge on any atom is -0.508 e. The average Bonchev–Trinajstić information content (AvgIpc) is 2.87. The maximum absolute atomic E-state index is 12.9. The third-order valence-electron chi connectivity index (χ3n) is 5.21. The molecule has 0 aliphatic heterocycles. The molecular formula is C27H27BrN4O3. The number of phenolic OH excluding ortho intramolecular Hbond substituents is 1. The Balaban J connectivity index is 1.84. The number of phenols is 1. The van der Waals surface area contributed by atoms with Gasteiger partial charge in [-0.1, -0.05) is 46.3 Å². The van der Waals surface area contributed by atoms with Crippen LogP contribution in [0.5, 0.6) is 5.75 Å². The number of aromatic hydroxyl groups is 1. The first-order chi connectivity index (χ1) is 16.9. The van der Waals surface area contributed by atoms with Gasteiger partial charge in [0.15, 0.2) is 0 Å². The molecule has 35 heavy (non-hydrogen) atoms. The number of nitrogens with one attached hydrogen (secondary N) is 2. The molecule has 0 spiro atoms. The molecule has 0 saturated heterocycles. The van der Waals surface area contributed by atoms with Gasteiger partial charge in [-0.15, -0.1) is 0 Å². The summed E-state index contributed by atoms with van der Waals surface area (Å²) in [4.78, 5) is 27.9. The van der Waals surface area contributed by atoms with Gasteiger partial charge >= 0.3 is 0 Å². The molecule has 0 aromatic heterocycles. The van der Waals surface area contributed by atoms with Gasteiger partial charge < -0.3 is 15.3 Å². The van der Waals surface area contributed by atoms with Crippen LogP contribution in [0.4, 0.5) is 5.69 Å². The standard InChI is InChI=1S/C27H27BrN4O3/c1-3-32(4-2)22-12-10-19(11-13-22)16-25(30-26(34)20-8-6-5-7-9-20)27(35)31-29-18-21-17-23(33)14-15-24(21)28/h5-18,33H,3-4H2,1-2H3,(H,30,34)(H,31,35). The van der Waals surface area contributed by atoms with Crippen LogP contribution in [0.25, 0.3) is 6.08 Å². The summed E-state index contributed by atoms with van der Waals surface area (Å²) in [7, 11) is 0. The number of nitrogens with zero attached hydrogens (tertiary/aromatic N) is 2. The van der Waals surface area contributed by atoms with Crippen molar-refractivity contribution in [1.82, 2.24) is 10.7 Å². The van der Waals surface area contributed by atoms with Gasteiger partial charge in [0.25, 0.3) is 11.8 Å². The van der Waals surface area contributed by atoms with Gasteiger partial charge in [0.2, 0.25) is 0 Å². The highest BCUT2D eigenvalue weighted by atomic mass is 79.9. The summed E-state index contributed by atoms with van der Waals surface area (Å²) in [5.41, 5.74) is 5.31. The Morgan fingerprint density at radius 1 is 1.00 bits per heavy atom. The lowest BCUT2D eigenvalue weighted by molar-refractivity contribution is -0.117. The van der Waals surface area contributed by atoms with Crippen molar-refractivity contribution in [3.63, 3.8) is 0 Å². The fraction of sp³-hybridized carbons (Fsp3) is 0.148. The van der Waals surface area contributed by atoms with Crippen LogP contribution in [-0.4, -0.2) is 36.2 Å². The van der Waals surface area contributed by atoms with Crippen LogP contribution in [0.15, 0.2) is 88.1 Å². The van der Waals surface area contributed by atoms with E-state index in [1.54, 1.807) is 36.4 Å². The number of halogens is 1.